The van der Waals surface area contributed by atoms with E-state index in [2.05, 4.69) is 108 Å². The molecule has 0 bridgehead atoms. The van der Waals surface area contributed by atoms with Gasteiger partial charge in [-0.1, -0.05) is 0 Å². The van der Waals surface area contributed by atoms with Gasteiger partial charge in [-0.15, -0.1) is 0 Å². The molecule has 4 rings (SSSR count). The second-order valence-electron chi connectivity index (χ2n) is 5.96. The van der Waals surface area contributed by atoms with Crippen LogP contribution in [0, 0.1) is 0 Å². The number of rotatable bonds is 3. The van der Waals surface area contributed by atoms with E-state index in [1.165, 1.54) is 37.7 Å². The second kappa shape index (κ2) is 10.8. The molecular formula is C23H17Cl3V. The fourth-order valence-electron chi connectivity index (χ4n) is 3.32. The summed E-state index contributed by atoms with van der Waals surface area (Å²) in [5.74, 6) is 0. The number of halogens is 3. The summed E-state index contributed by atoms with van der Waals surface area (Å²) in [6, 6.07) is 32.2. The van der Waals surface area contributed by atoms with Crippen LogP contribution in [0.5, 0.6) is 0 Å². The van der Waals surface area contributed by atoms with Gasteiger partial charge in [0, 0.05) is 0 Å². The van der Waals surface area contributed by atoms with Crippen LogP contribution in [0.1, 0.15) is 23.1 Å². The van der Waals surface area contributed by atoms with Crippen molar-refractivity contribution in [2.75, 3.05) is 0 Å². The molecule has 0 fully saturated rings. The van der Waals surface area contributed by atoms with E-state index in [-0.39, 0.29) is 37.2 Å². The van der Waals surface area contributed by atoms with Crippen LogP contribution in [-0.4, -0.2) is 0 Å². The fraction of sp³-hybridized carbons (Fsp3) is 0.0435. The van der Waals surface area contributed by atoms with Crippen LogP contribution in [0.25, 0.3) is 16.7 Å². The Kier molecular flexibility index (Phi) is 9.46. The minimum atomic E-state index is 0. The van der Waals surface area contributed by atoms with Crippen LogP contribution in [-0.2, 0) is 17.4 Å². The van der Waals surface area contributed by atoms with Gasteiger partial charge in [-0.2, -0.15) is 0 Å². The molecule has 0 atom stereocenters. The molecule has 3 aromatic carbocycles. The van der Waals surface area contributed by atoms with E-state index in [1.54, 1.807) is 0 Å². The van der Waals surface area contributed by atoms with Crippen molar-refractivity contribution in [3.05, 3.63) is 112 Å². The van der Waals surface area contributed by atoms with Gasteiger partial charge in [0.15, 0.2) is 0 Å². The predicted octanol–water partition coefficient (Wildman–Crippen LogP) is -3.03. The molecule has 0 saturated heterocycles. The molecule has 0 nitrogen and oxygen atoms in total. The van der Waals surface area contributed by atoms with Gasteiger partial charge in [-0.25, -0.2) is 0 Å². The first kappa shape index (κ1) is 23.6. The normalized spacial score (nSPS) is 12.8. The fourth-order valence-corrected chi connectivity index (χ4v) is 4.06. The molecule has 0 unspecified atom stereocenters. The average molecular weight is 451 g/mol. The van der Waals surface area contributed by atoms with E-state index >= 15 is 0 Å². The van der Waals surface area contributed by atoms with Crippen molar-refractivity contribution in [3.63, 3.8) is 0 Å². The first-order valence-electron chi connectivity index (χ1n) is 8.16. The summed E-state index contributed by atoms with van der Waals surface area (Å²) in [4.78, 5) is 0. The minimum absolute atomic E-state index is 0. The van der Waals surface area contributed by atoms with Crippen LogP contribution >= 0.6 is 0 Å². The average Bonchev–Trinajstić information content (AvgIpc) is 3.01. The standard InChI is InChI=1S/C23H17.3ClH.V/c1-4-10-18(11-5-1)21-16-22(19-12-6-2-7-13-19)23(17-21)20-14-8-3-9-15-20;;;;/h1-15H,16H2;3*1H;/q;;;;+3/p-3. The van der Waals surface area contributed by atoms with Crippen LogP contribution in [0.2, 0.25) is 0 Å². The van der Waals surface area contributed by atoms with Crippen LogP contribution in [0.3, 0.4) is 0 Å². The van der Waals surface area contributed by atoms with Crippen molar-refractivity contribution in [1.82, 2.24) is 0 Å². The van der Waals surface area contributed by atoms with Gasteiger partial charge in [-0.05, 0) is 0 Å². The Morgan fingerprint density at radius 1 is 0.481 bits per heavy atom. The second-order valence-corrected chi connectivity index (χ2v) is 6.65. The Balaban J connectivity index is 0.00000121. The molecule has 4 heteroatoms. The van der Waals surface area contributed by atoms with Crippen LogP contribution in [0.15, 0.2) is 95.3 Å². The number of hydrogen-bond acceptors (Lipinski definition) is 0. The molecule has 3 aromatic rings. The third-order valence-electron chi connectivity index (χ3n) is 4.48. The van der Waals surface area contributed by atoms with E-state index in [0.717, 1.165) is 6.42 Å². The molecule has 0 radical (unpaired) electrons. The Labute approximate surface area is 189 Å². The third-order valence-corrected chi connectivity index (χ3v) is 5.26. The van der Waals surface area contributed by atoms with Crippen molar-refractivity contribution in [2.24, 2.45) is 0 Å². The molecule has 0 aromatic heterocycles. The van der Waals surface area contributed by atoms with Crippen molar-refractivity contribution >= 4 is 16.7 Å². The van der Waals surface area contributed by atoms with Crippen molar-refractivity contribution in [2.45, 2.75) is 6.42 Å². The zero-order valence-electron chi connectivity index (χ0n) is 14.4. The van der Waals surface area contributed by atoms with E-state index in [4.69, 9.17) is 0 Å². The van der Waals surface area contributed by atoms with Gasteiger partial charge in [0.2, 0.25) is 0 Å². The SMILES string of the molecule is [Cl-].[Cl-].[Cl-].[V+3][C]1=C(c2ccccc2)CC(c2ccccc2)=C1c1ccccc1. The van der Waals surface area contributed by atoms with E-state index in [0.29, 0.717) is 0 Å². The third kappa shape index (κ3) is 4.90. The van der Waals surface area contributed by atoms with E-state index in [9.17, 15) is 0 Å². The number of hydrogen-bond donors (Lipinski definition) is 0. The zero-order valence-corrected chi connectivity index (χ0v) is 18.1. The van der Waals surface area contributed by atoms with Crippen molar-refractivity contribution in [1.29, 1.82) is 0 Å². The molecule has 1 aliphatic carbocycles. The molecule has 0 saturated carbocycles. The predicted molar refractivity (Wildman–Crippen MR) is 97.7 cm³/mol. The van der Waals surface area contributed by atoms with Gasteiger partial charge >= 0.3 is 153 Å². The Hall–Kier alpha value is -1.41. The summed E-state index contributed by atoms with van der Waals surface area (Å²) in [5.41, 5.74) is 8.10. The van der Waals surface area contributed by atoms with Gasteiger partial charge in [0.1, 0.15) is 0 Å². The maximum absolute atomic E-state index is 2.81. The quantitative estimate of drug-likeness (QED) is 0.398. The molecule has 1 aliphatic rings. The summed E-state index contributed by atoms with van der Waals surface area (Å²) in [5, 5.41) is 0. The summed E-state index contributed by atoms with van der Waals surface area (Å²) >= 11 is 2.81. The van der Waals surface area contributed by atoms with Crippen molar-refractivity contribution in [3.8, 4) is 0 Å². The van der Waals surface area contributed by atoms with Crippen LogP contribution in [0.4, 0.5) is 0 Å². The molecular weight excluding hydrogens is 434 g/mol. The Bertz CT molecular complexity index is 918. The van der Waals surface area contributed by atoms with E-state index in [1.807, 2.05) is 0 Å². The van der Waals surface area contributed by atoms with E-state index < -0.39 is 0 Å². The number of benzene rings is 3. The molecule has 0 heterocycles. The van der Waals surface area contributed by atoms with Gasteiger partial charge < -0.3 is 37.2 Å². The molecule has 135 valence electrons. The molecule has 27 heavy (non-hydrogen) atoms. The zero-order chi connectivity index (χ0) is 16.4. The monoisotopic (exact) mass is 449 g/mol. The summed E-state index contributed by atoms with van der Waals surface area (Å²) < 4.78 is 1.33. The first-order valence-corrected chi connectivity index (χ1v) is 8.86. The van der Waals surface area contributed by atoms with Crippen LogP contribution < -0.4 is 37.2 Å². The summed E-state index contributed by atoms with van der Waals surface area (Å²) in [7, 11) is 0. The molecule has 0 N–H and O–H groups in total. The molecule has 0 aliphatic heterocycles. The Morgan fingerprint density at radius 2 is 0.852 bits per heavy atom. The number of allylic oxidation sites excluding steroid dienone is 4. The Morgan fingerprint density at radius 3 is 1.30 bits per heavy atom. The van der Waals surface area contributed by atoms with Crippen molar-refractivity contribution < 1.29 is 54.6 Å². The first-order chi connectivity index (χ1) is 11.8. The maximum atomic E-state index is 2.81. The molecule has 0 spiro atoms. The summed E-state index contributed by atoms with van der Waals surface area (Å²) in [6.07, 6.45) is 0.975. The van der Waals surface area contributed by atoms with Gasteiger partial charge in [0.25, 0.3) is 0 Å². The summed E-state index contributed by atoms with van der Waals surface area (Å²) in [6.45, 7) is 0. The van der Waals surface area contributed by atoms with Gasteiger partial charge in [-0.3, -0.25) is 0 Å². The van der Waals surface area contributed by atoms with Gasteiger partial charge in [0.05, 0.1) is 0 Å². The molecule has 0 amide bonds. The topological polar surface area (TPSA) is 0 Å².